The Morgan fingerprint density at radius 1 is 1.15 bits per heavy atom. The quantitative estimate of drug-likeness (QED) is 0.815. The van der Waals surface area contributed by atoms with Gasteiger partial charge >= 0.3 is 5.97 Å². The third-order valence-corrected chi connectivity index (χ3v) is 8.40. The van der Waals surface area contributed by atoms with E-state index in [-0.39, 0.29) is 10.8 Å². The van der Waals surface area contributed by atoms with Crippen molar-refractivity contribution in [3.63, 3.8) is 0 Å². The van der Waals surface area contributed by atoms with Crippen molar-refractivity contribution in [1.82, 2.24) is 0 Å². The molecule has 1 unspecified atom stereocenters. The minimum absolute atomic E-state index is 0.00610. The van der Waals surface area contributed by atoms with Crippen molar-refractivity contribution in [2.45, 2.75) is 50.0 Å². The van der Waals surface area contributed by atoms with Crippen LogP contribution in [-0.4, -0.2) is 18.2 Å². The number of fused-ring (bicyclic) bond motifs is 1. The first-order valence-electron chi connectivity index (χ1n) is 9.81. The van der Waals surface area contributed by atoms with Gasteiger partial charge in [0.2, 0.25) is 0 Å². The standard InChI is InChI=1S/C22H24O4S/c1-26-21(25)20(24)15-2-3-18-16(7-15)17(23)8-19(27-18)22-9-12-4-13(10-22)6-14(5-12)11-22/h2-3,7-8,12-14,20,24H,4-6,9-11H2,1H3. The maximum absolute atomic E-state index is 12.9. The molecule has 1 aromatic carbocycles. The molecule has 1 atom stereocenters. The Labute approximate surface area is 162 Å². The van der Waals surface area contributed by atoms with Crippen molar-refractivity contribution in [3.8, 4) is 0 Å². The van der Waals surface area contributed by atoms with Crippen molar-refractivity contribution < 1.29 is 14.6 Å². The van der Waals surface area contributed by atoms with Crippen LogP contribution in [0.2, 0.25) is 0 Å². The van der Waals surface area contributed by atoms with E-state index in [0.717, 1.165) is 22.5 Å². The highest BCUT2D eigenvalue weighted by Crippen LogP contribution is 2.61. The monoisotopic (exact) mass is 384 g/mol. The van der Waals surface area contributed by atoms with Gasteiger partial charge in [0, 0.05) is 20.4 Å². The maximum Gasteiger partial charge on any atom is 0.339 e. The summed E-state index contributed by atoms with van der Waals surface area (Å²) in [6, 6.07) is 7.07. The van der Waals surface area contributed by atoms with Crippen LogP contribution in [0.3, 0.4) is 0 Å². The highest BCUT2D eigenvalue weighted by Gasteiger charge is 2.52. The summed E-state index contributed by atoms with van der Waals surface area (Å²) in [5.74, 6) is 1.81. The zero-order chi connectivity index (χ0) is 18.8. The second-order valence-electron chi connectivity index (χ2n) is 8.85. The number of esters is 1. The van der Waals surface area contributed by atoms with Crippen molar-refractivity contribution in [2.75, 3.05) is 7.11 Å². The van der Waals surface area contributed by atoms with Gasteiger partial charge in [-0.2, -0.15) is 0 Å². The van der Waals surface area contributed by atoms with Crippen molar-refractivity contribution in [1.29, 1.82) is 0 Å². The molecule has 4 bridgehead atoms. The van der Waals surface area contributed by atoms with E-state index in [1.807, 2.05) is 12.1 Å². The lowest BCUT2D eigenvalue weighted by Crippen LogP contribution is -2.48. The second-order valence-corrected chi connectivity index (χ2v) is 9.94. The summed E-state index contributed by atoms with van der Waals surface area (Å²) in [7, 11) is 1.24. The summed E-state index contributed by atoms with van der Waals surface area (Å²) in [6.45, 7) is 0. The number of aliphatic hydroxyl groups excluding tert-OH is 1. The van der Waals surface area contributed by atoms with Gasteiger partial charge in [-0.3, -0.25) is 4.79 Å². The molecule has 142 valence electrons. The number of aliphatic hydroxyl groups is 1. The molecule has 4 fully saturated rings. The van der Waals surface area contributed by atoms with Crippen LogP contribution >= 0.6 is 11.3 Å². The first-order valence-corrected chi connectivity index (χ1v) is 10.6. The lowest BCUT2D eigenvalue weighted by atomic mass is 9.49. The molecule has 6 rings (SSSR count). The Hall–Kier alpha value is -1.72. The third kappa shape index (κ3) is 2.74. The average molecular weight is 384 g/mol. The molecule has 1 aromatic heterocycles. The Morgan fingerprint density at radius 3 is 2.37 bits per heavy atom. The highest BCUT2D eigenvalue weighted by atomic mass is 32.1. The van der Waals surface area contributed by atoms with E-state index < -0.39 is 12.1 Å². The molecule has 0 radical (unpaired) electrons. The zero-order valence-corrected chi connectivity index (χ0v) is 16.3. The molecule has 0 aliphatic heterocycles. The molecule has 4 aliphatic rings. The molecule has 1 heterocycles. The number of hydrogen-bond acceptors (Lipinski definition) is 5. The lowest BCUT2D eigenvalue weighted by molar-refractivity contribution is -0.150. The highest BCUT2D eigenvalue weighted by molar-refractivity contribution is 7.18. The van der Waals surface area contributed by atoms with Crippen LogP contribution in [0.5, 0.6) is 0 Å². The van der Waals surface area contributed by atoms with E-state index in [1.54, 1.807) is 23.5 Å². The van der Waals surface area contributed by atoms with Crippen LogP contribution in [0.15, 0.2) is 29.1 Å². The molecule has 4 aliphatic carbocycles. The lowest BCUT2D eigenvalue weighted by Gasteiger charge is -2.56. The van der Waals surface area contributed by atoms with Crippen molar-refractivity contribution in [3.05, 3.63) is 44.9 Å². The van der Waals surface area contributed by atoms with Crippen LogP contribution in [0, 0.1) is 17.8 Å². The van der Waals surface area contributed by atoms with Gasteiger partial charge in [-0.1, -0.05) is 6.07 Å². The van der Waals surface area contributed by atoms with Gasteiger partial charge in [0.15, 0.2) is 11.5 Å². The van der Waals surface area contributed by atoms with Crippen LogP contribution < -0.4 is 5.43 Å². The Bertz CT molecular complexity index is 941. The smallest absolute Gasteiger partial charge is 0.339 e. The fraction of sp³-hybridized carbons (Fsp3) is 0.545. The third-order valence-electron chi connectivity index (χ3n) is 7.05. The van der Waals surface area contributed by atoms with Gasteiger partial charge in [0.25, 0.3) is 0 Å². The van der Waals surface area contributed by atoms with E-state index in [0.29, 0.717) is 10.9 Å². The van der Waals surface area contributed by atoms with Crippen LogP contribution in [0.4, 0.5) is 0 Å². The van der Waals surface area contributed by atoms with Crippen LogP contribution in [0.25, 0.3) is 10.1 Å². The Kier molecular flexibility index (Phi) is 3.96. The second kappa shape index (κ2) is 6.14. The number of hydrogen-bond donors (Lipinski definition) is 1. The number of rotatable bonds is 3. The minimum Gasteiger partial charge on any atom is -0.467 e. The first kappa shape index (κ1) is 17.4. The fourth-order valence-corrected chi connectivity index (χ4v) is 7.54. The molecule has 4 nitrogen and oxygen atoms in total. The van der Waals surface area contributed by atoms with E-state index in [9.17, 15) is 14.7 Å². The summed E-state index contributed by atoms with van der Waals surface area (Å²) in [5.41, 5.74) is 0.603. The van der Waals surface area contributed by atoms with Crippen molar-refractivity contribution >= 4 is 27.4 Å². The van der Waals surface area contributed by atoms with Gasteiger partial charge in [-0.15, -0.1) is 11.3 Å². The molecular weight excluding hydrogens is 360 g/mol. The van der Waals surface area contributed by atoms with E-state index in [2.05, 4.69) is 4.74 Å². The number of carbonyl (C=O) groups excluding carboxylic acids is 1. The number of ether oxygens (including phenoxy) is 1. The number of methoxy groups -OCH3 is 1. The fourth-order valence-electron chi connectivity index (χ4n) is 6.27. The molecule has 1 N–H and O–H groups in total. The molecule has 0 saturated heterocycles. The molecule has 27 heavy (non-hydrogen) atoms. The molecular formula is C22H24O4S. The minimum atomic E-state index is -1.35. The number of carbonyl (C=O) groups is 1. The summed E-state index contributed by atoms with van der Waals surface area (Å²) in [6.07, 6.45) is 6.51. The topological polar surface area (TPSA) is 63.6 Å². The SMILES string of the molecule is COC(=O)C(O)c1ccc2sc(C34CC5CC(CC(C5)C3)C4)cc(=O)c2c1. The van der Waals surface area contributed by atoms with Gasteiger partial charge < -0.3 is 9.84 Å². The normalized spacial score (nSPS) is 32.6. The molecule has 2 aromatic rings. The van der Waals surface area contributed by atoms with E-state index >= 15 is 0 Å². The molecule has 0 amide bonds. The zero-order valence-electron chi connectivity index (χ0n) is 15.4. The largest absolute Gasteiger partial charge is 0.467 e. The van der Waals surface area contributed by atoms with Crippen LogP contribution in [0.1, 0.15) is 55.1 Å². The predicted molar refractivity (Wildman–Crippen MR) is 105 cm³/mol. The van der Waals surface area contributed by atoms with Gasteiger partial charge in [0.1, 0.15) is 0 Å². The summed E-state index contributed by atoms with van der Waals surface area (Å²) >= 11 is 1.73. The summed E-state index contributed by atoms with van der Waals surface area (Å²) in [4.78, 5) is 25.8. The van der Waals surface area contributed by atoms with Gasteiger partial charge in [-0.05, 0) is 80.0 Å². The average Bonchev–Trinajstić information content (AvgIpc) is 2.65. The Morgan fingerprint density at radius 2 is 1.78 bits per heavy atom. The predicted octanol–water partition coefficient (Wildman–Crippen LogP) is 3.94. The van der Waals surface area contributed by atoms with E-state index in [1.165, 1.54) is 50.5 Å². The molecule has 4 saturated carbocycles. The van der Waals surface area contributed by atoms with Crippen LogP contribution in [-0.2, 0) is 14.9 Å². The van der Waals surface area contributed by atoms with Gasteiger partial charge in [-0.25, -0.2) is 4.79 Å². The Balaban J connectivity index is 1.56. The summed E-state index contributed by atoms with van der Waals surface area (Å²) in [5, 5.41) is 10.7. The first-order chi connectivity index (χ1) is 13.0. The van der Waals surface area contributed by atoms with Crippen molar-refractivity contribution in [2.24, 2.45) is 17.8 Å². The number of benzene rings is 1. The van der Waals surface area contributed by atoms with E-state index in [4.69, 9.17) is 0 Å². The maximum atomic E-state index is 12.9. The van der Waals surface area contributed by atoms with Gasteiger partial charge in [0.05, 0.1) is 7.11 Å². The molecule has 5 heteroatoms. The molecule has 0 spiro atoms. The summed E-state index contributed by atoms with van der Waals surface area (Å²) < 4.78 is 5.54.